The van der Waals surface area contributed by atoms with Gasteiger partial charge in [-0.15, -0.1) is 11.8 Å². The highest BCUT2D eigenvalue weighted by atomic mass is 32.2. The third kappa shape index (κ3) is 4.33. The summed E-state index contributed by atoms with van der Waals surface area (Å²) in [5.74, 6) is 1.37. The van der Waals surface area contributed by atoms with E-state index in [2.05, 4.69) is 6.92 Å². The summed E-state index contributed by atoms with van der Waals surface area (Å²) in [6, 6.07) is 11.0. The topological polar surface area (TPSA) is 59.8 Å². The minimum absolute atomic E-state index is 0.223. The lowest BCUT2D eigenvalue weighted by atomic mass is 10.0. The van der Waals surface area contributed by atoms with Gasteiger partial charge >= 0.3 is 0 Å². The van der Waals surface area contributed by atoms with Crippen LogP contribution in [0.4, 0.5) is 0 Å². The number of furan rings is 1. The Hall–Kier alpha value is -2.47. The lowest BCUT2D eigenvalue weighted by Gasteiger charge is -2.15. The molecule has 0 bridgehead atoms. The third-order valence-electron chi connectivity index (χ3n) is 4.68. The molecule has 0 aliphatic carbocycles. The average molecular weight is 400 g/mol. The first-order chi connectivity index (χ1) is 13.7. The van der Waals surface area contributed by atoms with Crippen molar-refractivity contribution in [3.63, 3.8) is 0 Å². The number of amides is 2. The van der Waals surface area contributed by atoms with E-state index in [-0.39, 0.29) is 11.8 Å². The van der Waals surface area contributed by atoms with Gasteiger partial charge in [0, 0.05) is 12.1 Å². The molecule has 1 aliphatic rings. The van der Waals surface area contributed by atoms with E-state index in [0.717, 1.165) is 31.4 Å². The fraction of sp³-hybridized carbons (Fsp3) is 0.364. The van der Waals surface area contributed by atoms with Crippen LogP contribution in [0.2, 0.25) is 0 Å². The van der Waals surface area contributed by atoms with E-state index in [1.165, 1.54) is 16.7 Å². The largest absolute Gasteiger partial charge is 0.496 e. The number of unbranched alkanes of at least 4 members (excludes halogenated alkanes) is 3. The molecule has 0 atom stereocenters. The molecule has 1 aromatic carbocycles. The van der Waals surface area contributed by atoms with E-state index in [9.17, 15) is 9.59 Å². The highest BCUT2D eigenvalue weighted by molar-refractivity contribution is 8.03. The zero-order chi connectivity index (χ0) is 19.9. The Morgan fingerprint density at radius 2 is 1.86 bits per heavy atom. The SMILES string of the molecule is CCCCCCN1C(=O)C(SCc2ccco2)=C(c2ccccc2OC)C1=O. The van der Waals surface area contributed by atoms with Gasteiger partial charge in [0.15, 0.2) is 0 Å². The smallest absolute Gasteiger partial charge is 0.267 e. The van der Waals surface area contributed by atoms with E-state index >= 15 is 0 Å². The molecule has 148 valence electrons. The van der Waals surface area contributed by atoms with Crippen LogP contribution in [0.15, 0.2) is 52.0 Å². The monoisotopic (exact) mass is 399 g/mol. The number of hydrogen-bond donors (Lipinski definition) is 0. The first-order valence-corrected chi connectivity index (χ1v) is 10.5. The number of benzene rings is 1. The predicted molar refractivity (Wildman–Crippen MR) is 111 cm³/mol. The van der Waals surface area contributed by atoms with Crippen molar-refractivity contribution in [2.24, 2.45) is 0 Å². The minimum atomic E-state index is -0.243. The summed E-state index contributed by atoms with van der Waals surface area (Å²) in [4.78, 5) is 28.1. The van der Waals surface area contributed by atoms with E-state index in [1.807, 2.05) is 30.3 Å². The Morgan fingerprint density at radius 3 is 2.57 bits per heavy atom. The molecule has 28 heavy (non-hydrogen) atoms. The number of nitrogens with zero attached hydrogens (tertiary/aromatic N) is 1. The van der Waals surface area contributed by atoms with Crippen molar-refractivity contribution >= 4 is 29.1 Å². The van der Waals surface area contributed by atoms with E-state index in [4.69, 9.17) is 9.15 Å². The standard InChI is InChI=1S/C22H25NO4S/c1-3-4-5-8-13-23-21(24)19(17-11-6-7-12-18(17)26-2)20(22(23)25)28-15-16-10-9-14-27-16/h6-7,9-12,14H,3-5,8,13,15H2,1-2H3. The second-order valence-electron chi connectivity index (χ2n) is 6.60. The summed E-state index contributed by atoms with van der Waals surface area (Å²) in [6.07, 6.45) is 5.64. The number of carbonyl (C=O) groups excluding carboxylic acids is 2. The van der Waals surface area contributed by atoms with Crippen LogP contribution in [0.5, 0.6) is 5.75 Å². The molecule has 2 heterocycles. The normalized spacial score (nSPS) is 14.3. The van der Waals surface area contributed by atoms with E-state index in [1.54, 1.807) is 19.4 Å². The van der Waals surface area contributed by atoms with Crippen LogP contribution in [0.3, 0.4) is 0 Å². The molecule has 0 saturated heterocycles. The molecule has 0 saturated carbocycles. The number of methoxy groups -OCH3 is 1. The number of carbonyl (C=O) groups is 2. The maximum absolute atomic E-state index is 13.2. The first-order valence-electron chi connectivity index (χ1n) is 9.56. The van der Waals surface area contributed by atoms with Gasteiger partial charge in [0.1, 0.15) is 11.5 Å². The molecule has 0 radical (unpaired) electrons. The summed E-state index contributed by atoms with van der Waals surface area (Å²) in [5.41, 5.74) is 1.08. The second-order valence-corrected chi connectivity index (χ2v) is 7.58. The van der Waals surface area contributed by atoms with Crippen molar-refractivity contribution in [2.45, 2.75) is 38.4 Å². The molecule has 2 amide bonds. The molecule has 1 aliphatic heterocycles. The van der Waals surface area contributed by atoms with Crippen LogP contribution >= 0.6 is 11.8 Å². The summed E-state index contributed by atoms with van der Waals surface area (Å²) in [7, 11) is 1.57. The number of rotatable bonds is 10. The van der Waals surface area contributed by atoms with Gasteiger partial charge in [-0.2, -0.15) is 0 Å². The zero-order valence-corrected chi connectivity index (χ0v) is 17.1. The number of para-hydroxylation sites is 1. The molecule has 0 spiro atoms. The summed E-state index contributed by atoms with van der Waals surface area (Å²) >= 11 is 1.34. The molecule has 5 nitrogen and oxygen atoms in total. The molecule has 0 unspecified atom stereocenters. The van der Waals surface area contributed by atoms with Crippen LogP contribution in [0.1, 0.15) is 43.9 Å². The van der Waals surface area contributed by atoms with Crippen LogP contribution in [0, 0.1) is 0 Å². The highest BCUT2D eigenvalue weighted by Gasteiger charge is 2.39. The van der Waals surface area contributed by atoms with E-state index in [0.29, 0.717) is 34.1 Å². The first kappa shape index (κ1) is 20.3. The van der Waals surface area contributed by atoms with Gasteiger partial charge in [-0.25, -0.2) is 0 Å². The number of thioether (sulfide) groups is 1. The summed E-state index contributed by atoms with van der Waals surface area (Å²) < 4.78 is 10.8. The minimum Gasteiger partial charge on any atom is -0.496 e. The Balaban J connectivity index is 1.90. The van der Waals surface area contributed by atoms with Crippen molar-refractivity contribution in [3.05, 3.63) is 58.9 Å². The van der Waals surface area contributed by atoms with Gasteiger partial charge in [-0.3, -0.25) is 14.5 Å². The van der Waals surface area contributed by atoms with Crippen LogP contribution < -0.4 is 4.74 Å². The fourth-order valence-corrected chi connectivity index (χ4v) is 4.24. The average Bonchev–Trinajstić information content (AvgIpc) is 3.31. The Morgan fingerprint density at radius 1 is 1.04 bits per heavy atom. The maximum Gasteiger partial charge on any atom is 0.267 e. The van der Waals surface area contributed by atoms with Crippen LogP contribution in [-0.2, 0) is 15.3 Å². The summed E-state index contributed by atoms with van der Waals surface area (Å²) in [6.45, 7) is 2.58. The van der Waals surface area contributed by atoms with Gasteiger partial charge in [-0.05, 0) is 24.6 Å². The maximum atomic E-state index is 13.2. The fourth-order valence-electron chi connectivity index (χ4n) is 3.21. The predicted octanol–water partition coefficient (Wildman–Crippen LogP) is 4.88. The molecule has 0 N–H and O–H groups in total. The van der Waals surface area contributed by atoms with Gasteiger partial charge in [0.05, 0.1) is 29.6 Å². The number of hydrogen-bond acceptors (Lipinski definition) is 5. The molecular weight excluding hydrogens is 374 g/mol. The van der Waals surface area contributed by atoms with Crippen molar-refractivity contribution in [2.75, 3.05) is 13.7 Å². The van der Waals surface area contributed by atoms with Crippen LogP contribution in [0.25, 0.3) is 5.57 Å². The van der Waals surface area contributed by atoms with Crippen molar-refractivity contribution in [3.8, 4) is 5.75 Å². The van der Waals surface area contributed by atoms with Crippen molar-refractivity contribution in [1.82, 2.24) is 4.90 Å². The Bertz CT molecular complexity index is 857. The highest BCUT2D eigenvalue weighted by Crippen LogP contribution is 2.40. The zero-order valence-electron chi connectivity index (χ0n) is 16.3. The lowest BCUT2D eigenvalue weighted by Crippen LogP contribution is -2.32. The molecular formula is C22H25NO4S. The van der Waals surface area contributed by atoms with Crippen LogP contribution in [-0.4, -0.2) is 30.4 Å². The van der Waals surface area contributed by atoms with Gasteiger partial charge < -0.3 is 9.15 Å². The molecule has 6 heteroatoms. The third-order valence-corrected chi connectivity index (χ3v) is 5.77. The molecule has 0 fully saturated rings. The second kappa shape index (κ2) is 9.64. The van der Waals surface area contributed by atoms with Gasteiger partial charge in [0.2, 0.25) is 0 Å². The van der Waals surface area contributed by atoms with Gasteiger partial charge in [0.25, 0.3) is 11.8 Å². The molecule has 2 aromatic rings. The Labute approximate surface area is 169 Å². The molecule has 3 rings (SSSR count). The van der Waals surface area contributed by atoms with Crippen molar-refractivity contribution in [1.29, 1.82) is 0 Å². The number of ether oxygens (including phenoxy) is 1. The molecule has 1 aromatic heterocycles. The van der Waals surface area contributed by atoms with E-state index < -0.39 is 0 Å². The number of imide groups is 1. The van der Waals surface area contributed by atoms with Crippen molar-refractivity contribution < 1.29 is 18.7 Å². The summed E-state index contributed by atoms with van der Waals surface area (Å²) in [5, 5.41) is 0. The lowest BCUT2D eigenvalue weighted by molar-refractivity contribution is -0.136. The quantitative estimate of drug-likeness (QED) is 0.421. The van der Waals surface area contributed by atoms with Gasteiger partial charge in [-0.1, -0.05) is 44.4 Å². The Kier molecular flexibility index (Phi) is 6.98.